The third-order valence-corrected chi connectivity index (χ3v) is 3.33. The van der Waals surface area contributed by atoms with Crippen molar-refractivity contribution in [1.82, 2.24) is 15.6 Å². The number of H-pyrrole nitrogens is 1. The largest absolute Gasteiger partial charge is 0.367 e. The van der Waals surface area contributed by atoms with Crippen LogP contribution < -0.4 is 10.6 Å². The van der Waals surface area contributed by atoms with Gasteiger partial charge in [0.15, 0.2) is 0 Å². The molecule has 1 atom stereocenters. The normalized spacial score (nSPS) is 21.1. The fraction of sp³-hybridized carbons (Fsp3) is 0.692. The summed E-state index contributed by atoms with van der Waals surface area (Å²) in [4.78, 5) is 3.08. The van der Waals surface area contributed by atoms with E-state index in [0.717, 1.165) is 25.6 Å². The number of nitrogens with one attached hydrogen (secondary N) is 3. The molecule has 1 aliphatic heterocycles. The van der Waals surface area contributed by atoms with Crippen molar-refractivity contribution < 1.29 is 0 Å². The Morgan fingerprint density at radius 2 is 2.31 bits per heavy atom. The van der Waals surface area contributed by atoms with Crippen molar-refractivity contribution in [3.05, 3.63) is 24.0 Å². The Balaban J connectivity index is 1.48. The van der Waals surface area contributed by atoms with Crippen LogP contribution in [0.1, 0.15) is 31.2 Å². The summed E-state index contributed by atoms with van der Waals surface area (Å²) in [6.45, 7) is 3.45. The van der Waals surface area contributed by atoms with E-state index >= 15 is 0 Å². The van der Waals surface area contributed by atoms with Crippen LogP contribution in [0.4, 0.5) is 0 Å². The lowest BCUT2D eigenvalue weighted by Gasteiger charge is -2.23. The van der Waals surface area contributed by atoms with Gasteiger partial charge in [-0.15, -0.1) is 0 Å². The van der Waals surface area contributed by atoms with Crippen molar-refractivity contribution in [2.45, 2.75) is 38.1 Å². The molecule has 0 aliphatic carbocycles. The molecule has 1 saturated heterocycles. The molecule has 1 aromatic rings. The fourth-order valence-corrected chi connectivity index (χ4v) is 2.32. The van der Waals surface area contributed by atoms with Crippen molar-refractivity contribution in [3.63, 3.8) is 0 Å². The highest BCUT2D eigenvalue weighted by Crippen LogP contribution is 2.09. The van der Waals surface area contributed by atoms with Gasteiger partial charge in [-0.3, -0.25) is 0 Å². The summed E-state index contributed by atoms with van der Waals surface area (Å²) in [5.41, 5.74) is 1.39. The molecule has 3 heteroatoms. The molecule has 2 rings (SSSR count). The smallest absolute Gasteiger partial charge is 0.00791 e. The number of aromatic amines is 1. The minimum Gasteiger partial charge on any atom is -0.367 e. The molecule has 0 saturated carbocycles. The molecule has 2 heterocycles. The second kappa shape index (κ2) is 6.71. The first-order valence-electron chi connectivity index (χ1n) is 6.51. The van der Waals surface area contributed by atoms with E-state index in [1.807, 2.05) is 6.20 Å². The molecule has 0 amide bonds. The maximum atomic E-state index is 3.58. The van der Waals surface area contributed by atoms with Gasteiger partial charge in [0, 0.05) is 18.4 Å². The van der Waals surface area contributed by atoms with E-state index < -0.39 is 0 Å². The van der Waals surface area contributed by atoms with Crippen LogP contribution in [0.25, 0.3) is 0 Å². The standard InChI is InChI=1S/C13H23N3/c1-2-7-16-13(3-1)6-10-14-8-4-12-5-9-15-11-12/h5,9,11,13-16H,1-4,6-8,10H2. The highest BCUT2D eigenvalue weighted by molar-refractivity contribution is 5.08. The molecule has 0 spiro atoms. The Hall–Kier alpha value is -0.800. The molecule has 90 valence electrons. The summed E-state index contributed by atoms with van der Waals surface area (Å²) < 4.78 is 0. The first-order valence-corrected chi connectivity index (χ1v) is 6.51. The molecule has 3 N–H and O–H groups in total. The minimum absolute atomic E-state index is 0.758. The second-order valence-corrected chi connectivity index (χ2v) is 4.65. The van der Waals surface area contributed by atoms with E-state index in [1.54, 1.807) is 0 Å². The third-order valence-electron chi connectivity index (χ3n) is 3.33. The number of hydrogen-bond acceptors (Lipinski definition) is 2. The van der Waals surface area contributed by atoms with Crippen molar-refractivity contribution in [2.75, 3.05) is 19.6 Å². The van der Waals surface area contributed by atoms with Crippen molar-refractivity contribution in [2.24, 2.45) is 0 Å². The van der Waals surface area contributed by atoms with Crippen LogP contribution in [-0.4, -0.2) is 30.7 Å². The Morgan fingerprint density at radius 1 is 1.31 bits per heavy atom. The molecule has 1 unspecified atom stereocenters. The topological polar surface area (TPSA) is 39.8 Å². The fourth-order valence-electron chi connectivity index (χ4n) is 2.32. The Labute approximate surface area is 98.0 Å². The zero-order valence-corrected chi connectivity index (χ0v) is 9.97. The van der Waals surface area contributed by atoms with E-state index in [1.165, 1.54) is 37.8 Å². The maximum Gasteiger partial charge on any atom is 0.00791 e. The van der Waals surface area contributed by atoms with Gasteiger partial charge in [0.1, 0.15) is 0 Å². The first-order chi connectivity index (χ1) is 7.95. The van der Waals surface area contributed by atoms with Crippen molar-refractivity contribution >= 4 is 0 Å². The number of aromatic nitrogens is 1. The van der Waals surface area contributed by atoms with E-state index in [-0.39, 0.29) is 0 Å². The van der Waals surface area contributed by atoms with Crippen molar-refractivity contribution in [1.29, 1.82) is 0 Å². The first kappa shape index (κ1) is 11.7. The molecule has 0 aromatic carbocycles. The van der Waals surface area contributed by atoms with Gasteiger partial charge in [-0.2, -0.15) is 0 Å². The highest BCUT2D eigenvalue weighted by atomic mass is 14.9. The molecule has 16 heavy (non-hydrogen) atoms. The predicted molar refractivity (Wildman–Crippen MR) is 67.6 cm³/mol. The number of rotatable bonds is 6. The summed E-state index contributed by atoms with van der Waals surface area (Å²) in [6, 6.07) is 2.90. The molecule has 1 fully saturated rings. The SMILES string of the molecule is c1cc(CCNCCC2CCCCN2)c[nH]1. The van der Waals surface area contributed by atoms with Gasteiger partial charge in [0.25, 0.3) is 0 Å². The number of piperidine rings is 1. The van der Waals surface area contributed by atoms with Gasteiger partial charge in [-0.05, 0) is 56.9 Å². The zero-order valence-electron chi connectivity index (χ0n) is 9.97. The molecular formula is C13H23N3. The molecule has 1 aromatic heterocycles. The Bertz CT molecular complexity index is 263. The van der Waals surface area contributed by atoms with E-state index in [2.05, 4.69) is 27.9 Å². The van der Waals surface area contributed by atoms with Gasteiger partial charge < -0.3 is 15.6 Å². The third kappa shape index (κ3) is 3.99. The zero-order chi connectivity index (χ0) is 11.1. The van der Waals surface area contributed by atoms with Crippen LogP contribution in [-0.2, 0) is 6.42 Å². The summed E-state index contributed by atoms with van der Waals surface area (Å²) in [7, 11) is 0. The van der Waals surface area contributed by atoms with E-state index in [4.69, 9.17) is 0 Å². The molecular weight excluding hydrogens is 198 g/mol. The summed E-state index contributed by atoms with van der Waals surface area (Å²) in [6.07, 6.45) is 10.6. The highest BCUT2D eigenvalue weighted by Gasteiger charge is 2.10. The second-order valence-electron chi connectivity index (χ2n) is 4.65. The van der Waals surface area contributed by atoms with Crippen LogP contribution in [0, 0.1) is 0 Å². The Kier molecular flexibility index (Phi) is 4.90. The lowest BCUT2D eigenvalue weighted by atomic mass is 10.0. The monoisotopic (exact) mass is 221 g/mol. The average molecular weight is 221 g/mol. The van der Waals surface area contributed by atoms with E-state index in [9.17, 15) is 0 Å². The molecule has 1 aliphatic rings. The van der Waals surface area contributed by atoms with Crippen LogP contribution >= 0.6 is 0 Å². The molecule has 0 bridgehead atoms. The van der Waals surface area contributed by atoms with Gasteiger partial charge in [0.05, 0.1) is 0 Å². The summed E-state index contributed by atoms with van der Waals surface area (Å²) in [5.74, 6) is 0. The van der Waals surface area contributed by atoms with Crippen molar-refractivity contribution in [3.8, 4) is 0 Å². The van der Waals surface area contributed by atoms with Gasteiger partial charge in [0.2, 0.25) is 0 Å². The summed E-state index contributed by atoms with van der Waals surface area (Å²) in [5, 5.41) is 7.10. The minimum atomic E-state index is 0.758. The quantitative estimate of drug-likeness (QED) is 0.640. The van der Waals surface area contributed by atoms with E-state index in [0.29, 0.717) is 0 Å². The average Bonchev–Trinajstić information content (AvgIpc) is 2.83. The molecule has 0 radical (unpaired) electrons. The Morgan fingerprint density at radius 3 is 3.06 bits per heavy atom. The maximum absolute atomic E-state index is 3.58. The molecule has 3 nitrogen and oxygen atoms in total. The van der Waals surface area contributed by atoms with Gasteiger partial charge in [-0.1, -0.05) is 6.42 Å². The van der Waals surface area contributed by atoms with Crippen LogP contribution in [0.15, 0.2) is 18.5 Å². The lowest BCUT2D eigenvalue weighted by molar-refractivity contribution is 0.377. The van der Waals surface area contributed by atoms with Gasteiger partial charge in [-0.25, -0.2) is 0 Å². The number of hydrogen-bond donors (Lipinski definition) is 3. The van der Waals surface area contributed by atoms with Crippen LogP contribution in [0.3, 0.4) is 0 Å². The lowest BCUT2D eigenvalue weighted by Crippen LogP contribution is -2.36. The van der Waals surface area contributed by atoms with Crippen LogP contribution in [0.2, 0.25) is 0 Å². The van der Waals surface area contributed by atoms with Gasteiger partial charge >= 0.3 is 0 Å². The predicted octanol–water partition coefficient (Wildman–Crippen LogP) is 1.68. The van der Waals surface area contributed by atoms with Crippen LogP contribution in [0.5, 0.6) is 0 Å². The summed E-state index contributed by atoms with van der Waals surface area (Å²) >= 11 is 0.